The number of benzene rings is 2. The number of nitrogens with one attached hydrogen (secondary N) is 1. The number of hydrogen-bond donors (Lipinski definition) is 2. The fraction of sp³-hybridized carbons (Fsp3) is 0.381. The Balaban J connectivity index is 1.63. The van der Waals surface area contributed by atoms with E-state index in [0.29, 0.717) is 5.75 Å². The number of carbonyl (C=O) groups excluding carboxylic acids is 1. The highest BCUT2D eigenvalue weighted by Crippen LogP contribution is 2.51. The van der Waals surface area contributed by atoms with E-state index in [2.05, 4.69) is 24.4 Å². The van der Waals surface area contributed by atoms with Crippen molar-refractivity contribution in [2.45, 2.75) is 55.2 Å². The van der Waals surface area contributed by atoms with Crippen molar-refractivity contribution in [2.75, 3.05) is 0 Å². The largest absolute Gasteiger partial charge is 0.508 e. The van der Waals surface area contributed by atoms with Crippen molar-refractivity contribution in [1.82, 2.24) is 5.32 Å². The van der Waals surface area contributed by atoms with Gasteiger partial charge in [0.25, 0.3) is 0 Å². The number of rotatable bonds is 7. The molecule has 1 atom stereocenters. The number of thioether (sulfide) groups is 1. The van der Waals surface area contributed by atoms with Crippen LogP contribution in [0, 0.1) is 6.92 Å². The molecule has 1 aliphatic carbocycles. The highest BCUT2D eigenvalue weighted by Gasteiger charge is 2.51. The molecular weight excluding hydrogens is 330 g/mol. The summed E-state index contributed by atoms with van der Waals surface area (Å²) in [5.41, 5.74) is 1.92. The molecule has 1 fully saturated rings. The van der Waals surface area contributed by atoms with Crippen molar-refractivity contribution in [1.29, 1.82) is 0 Å². The molecule has 1 saturated carbocycles. The maximum absolute atomic E-state index is 12.8. The molecule has 3 nitrogen and oxygen atoms in total. The second-order valence-corrected chi connectivity index (χ2v) is 8.27. The molecule has 0 saturated heterocycles. The van der Waals surface area contributed by atoms with E-state index in [9.17, 15) is 9.90 Å². The van der Waals surface area contributed by atoms with E-state index in [4.69, 9.17) is 0 Å². The second kappa shape index (κ2) is 7.52. The lowest BCUT2D eigenvalue weighted by Crippen LogP contribution is -2.42. The van der Waals surface area contributed by atoms with Crippen LogP contribution in [0.15, 0.2) is 53.4 Å². The number of amides is 1. The number of aryl methyl sites for hydroxylation is 1. The Hall–Kier alpha value is -1.94. The van der Waals surface area contributed by atoms with Gasteiger partial charge in [0.2, 0.25) is 5.91 Å². The third-order valence-electron chi connectivity index (χ3n) is 4.76. The van der Waals surface area contributed by atoms with Crippen molar-refractivity contribution in [3.05, 3.63) is 59.7 Å². The zero-order valence-corrected chi connectivity index (χ0v) is 15.6. The molecule has 1 amide bonds. The fourth-order valence-electron chi connectivity index (χ4n) is 2.88. The van der Waals surface area contributed by atoms with Gasteiger partial charge in [-0.1, -0.05) is 37.3 Å². The standard InChI is InChI=1S/C21H25NO2S/c1-3-17(13-16-10-9-15(2)19(23)14-16)22-20(24)21(11-12-21)25-18-7-5-4-6-8-18/h4-10,14,17,23H,3,11-13H2,1-2H3,(H,22,24). The monoisotopic (exact) mass is 355 g/mol. The van der Waals surface area contributed by atoms with E-state index in [-0.39, 0.29) is 16.7 Å². The van der Waals surface area contributed by atoms with Crippen molar-refractivity contribution >= 4 is 17.7 Å². The van der Waals surface area contributed by atoms with Crippen LogP contribution in [0.1, 0.15) is 37.3 Å². The summed E-state index contributed by atoms with van der Waals surface area (Å²) < 4.78 is -0.301. The third kappa shape index (κ3) is 4.37. The van der Waals surface area contributed by atoms with Crippen LogP contribution in [0.25, 0.3) is 0 Å². The lowest BCUT2D eigenvalue weighted by atomic mass is 10.0. The van der Waals surface area contributed by atoms with Crippen LogP contribution in [-0.2, 0) is 11.2 Å². The van der Waals surface area contributed by atoms with Crippen LogP contribution < -0.4 is 5.32 Å². The first-order chi connectivity index (χ1) is 12.0. The number of aromatic hydroxyl groups is 1. The molecular formula is C21H25NO2S. The average Bonchev–Trinajstić information content (AvgIpc) is 3.39. The lowest BCUT2D eigenvalue weighted by Gasteiger charge is -2.22. The zero-order chi connectivity index (χ0) is 17.9. The molecule has 0 aliphatic heterocycles. The van der Waals surface area contributed by atoms with E-state index in [1.807, 2.05) is 37.3 Å². The van der Waals surface area contributed by atoms with E-state index in [0.717, 1.165) is 41.7 Å². The molecule has 4 heteroatoms. The number of phenolic OH excluding ortho intramolecular Hbond substituents is 1. The van der Waals surface area contributed by atoms with Crippen molar-refractivity contribution in [2.24, 2.45) is 0 Å². The van der Waals surface area contributed by atoms with Gasteiger partial charge in [-0.15, -0.1) is 11.8 Å². The topological polar surface area (TPSA) is 49.3 Å². The first-order valence-corrected chi connectivity index (χ1v) is 9.67. The summed E-state index contributed by atoms with van der Waals surface area (Å²) in [5.74, 6) is 0.460. The van der Waals surface area contributed by atoms with Gasteiger partial charge in [-0.3, -0.25) is 4.79 Å². The number of phenols is 1. The summed E-state index contributed by atoms with van der Waals surface area (Å²) >= 11 is 1.68. The van der Waals surface area contributed by atoms with Crippen LogP contribution in [0.5, 0.6) is 5.75 Å². The Bertz CT molecular complexity index is 741. The Morgan fingerprint density at radius 1 is 1.24 bits per heavy atom. The van der Waals surface area contributed by atoms with Crippen LogP contribution >= 0.6 is 11.8 Å². The molecule has 2 aromatic carbocycles. The van der Waals surface area contributed by atoms with Gasteiger partial charge in [0.15, 0.2) is 0 Å². The molecule has 132 valence electrons. The van der Waals surface area contributed by atoms with Gasteiger partial charge in [-0.05, 0) is 61.9 Å². The molecule has 2 aromatic rings. The van der Waals surface area contributed by atoms with E-state index >= 15 is 0 Å². The van der Waals surface area contributed by atoms with Crippen LogP contribution in [0.2, 0.25) is 0 Å². The Labute approximate surface area is 153 Å². The van der Waals surface area contributed by atoms with Crippen LogP contribution in [0.4, 0.5) is 0 Å². The minimum absolute atomic E-state index is 0.0865. The maximum Gasteiger partial charge on any atom is 0.236 e. The minimum atomic E-state index is -0.301. The average molecular weight is 356 g/mol. The molecule has 0 bridgehead atoms. The summed E-state index contributed by atoms with van der Waals surface area (Å²) in [5, 5.41) is 13.1. The van der Waals surface area contributed by atoms with Gasteiger partial charge in [0.05, 0.1) is 4.75 Å². The first kappa shape index (κ1) is 17.9. The minimum Gasteiger partial charge on any atom is -0.508 e. The summed E-state index contributed by atoms with van der Waals surface area (Å²) in [7, 11) is 0. The fourth-order valence-corrected chi connectivity index (χ4v) is 4.09. The molecule has 25 heavy (non-hydrogen) atoms. The van der Waals surface area contributed by atoms with Crippen molar-refractivity contribution < 1.29 is 9.90 Å². The van der Waals surface area contributed by atoms with Gasteiger partial charge < -0.3 is 10.4 Å². The summed E-state index contributed by atoms with van der Waals surface area (Å²) in [6.45, 7) is 3.97. The first-order valence-electron chi connectivity index (χ1n) is 8.86. The maximum atomic E-state index is 12.8. The van der Waals surface area contributed by atoms with Gasteiger partial charge in [-0.2, -0.15) is 0 Å². The van der Waals surface area contributed by atoms with Gasteiger partial charge in [0.1, 0.15) is 5.75 Å². The molecule has 0 spiro atoms. The van der Waals surface area contributed by atoms with E-state index < -0.39 is 0 Å². The van der Waals surface area contributed by atoms with Crippen molar-refractivity contribution in [3.8, 4) is 5.75 Å². The second-order valence-electron chi connectivity index (χ2n) is 6.81. The van der Waals surface area contributed by atoms with Crippen LogP contribution in [-0.4, -0.2) is 21.8 Å². The molecule has 0 radical (unpaired) electrons. The highest BCUT2D eigenvalue weighted by molar-refractivity contribution is 8.01. The van der Waals surface area contributed by atoms with Crippen LogP contribution in [0.3, 0.4) is 0 Å². The molecule has 1 aliphatic rings. The van der Waals surface area contributed by atoms with E-state index in [1.165, 1.54) is 0 Å². The predicted octanol–water partition coefficient (Wildman–Crippen LogP) is 4.46. The Morgan fingerprint density at radius 3 is 2.56 bits per heavy atom. The summed E-state index contributed by atoms with van der Waals surface area (Å²) in [4.78, 5) is 14.0. The van der Waals surface area contributed by atoms with Crippen molar-refractivity contribution in [3.63, 3.8) is 0 Å². The Morgan fingerprint density at radius 2 is 1.96 bits per heavy atom. The molecule has 1 unspecified atom stereocenters. The van der Waals surface area contributed by atoms with Gasteiger partial charge in [-0.25, -0.2) is 0 Å². The lowest BCUT2D eigenvalue weighted by molar-refractivity contribution is -0.122. The normalized spacial score (nSPS) is 16.2. The quantitative estimate of drug-likeness (QED) is 0.771. The molecule has 0 heterocycles. The summed E-state index contributed by atoms with van der Waals surface area (Å²) in [6.07, 6.45) is 3.47. The SMILES string of the molecule is CCC(Cc1ccc(C)c(O)c1)NC(=O)C1(Sc2ccccc2)CC1. The number of hydrogen-bond acceptors (Lipinski definition) is 3. The van der Waals surface area contributed by atoms with E-state index in [1.54, 1.807) is 17.8 Å². The highest BCUT2D eigenvalue weighted by atomic mass is 32.2. The zero-order valence-electron chi connectivity index (χ0n) is 14.8. The van der Waals surface area contributed by atoms with Gasteiger partial charge >= 0.3 is 0 Å². The predicted molar refractivity (Wildman–Crippen MR) is 103 cm³/mol. The molecule has 3 rings (SSSR count). The smallest absolute Gasteiger partial charge is 0.236 e. The van der Waals surface area contributed by atoms with Gasteiger partial charge in [0, 0.05) is 10.9 Å². The Kier molecular flexibility index (Phi) is 5.38. The third-order valence-corrected chi connectivity index (χ3v) is 6.25. The molecule has 0 aromatic heterocycles. The summed E-state index contributed by atoms with van der Waals surface area (Å²) in [6, 6.07) is 16.0. The number of carbonyl (C=O) groups is 1. The molecule has 2 N–H and O–H groups in total.